The minimum atomic E-state index is -0.391. The zero-order valence-electron chi connectivity index (χ0n) is 5.96. The lowest BCUT2D eigenvalue weighted by Gasteiger charge is -1.97. The number of benzene rings is 1. The van der Waals surface area contributed by atoms with Crippen molar-refractivity contribution in [1.82, 2.24) is 9.97 Å². The summed E-state index contributed by atoms with van der Waals surface area (Å²) in [6.07, 6.45) is 2.78. The molecule has 0 amide bonds. The van der Waals surface area contributed by atoms with Crippen molar-refractivity contribution in [3.05, 3.63) is 35.5 Å². The maximum Gasteiger partial charge on any atom is 0.135 e. The van der Waals surface area contributed by atoms with E-state index in [-0.39, 0.29) is 0 Å². The fourth-order valence-electron chi connectivity index (χ4n) is 1.01. The molecule has 0 N–H and O–H groups in total. The van der Waals surface area contributed by atoms with E-state index in [1.807, 2.05) is 0 Å². The first-order valence-electron chi connectivity index (χ1n) is 3.32. The minimum absolute atomic E-state index is 0.346. The largest absolute Gasteiger partial charge is 0.244 e. The summed E-state index contributed by atoms with van der Waals surface area (Å²) in [5, 5.41) is 0.737. The molecule has 2 aromatic rings. The molecule has 0 aliphatic carbocycles. The summed E-state index contributed by atoms with van der Waals surface area (Å²) in [5.41, 5.74) is 0.523. The smallest absolute Gasteiger partial charge is 0.135 e. The zero-order valence-corrected chi connectivity index (χ0v) is 6.72. The highest BCUT2D eigenvalue weighted by molar-refractivity contribution is 6.31. The van der Waals surface area contributed by atoms with Gasteiger partial charge in [0.25, 0.3) is 0 Å². The topological polar surface area (TPSA) is 25.8 Å². The first kappa shape index (κ1) is 7.43. The highest BCUT2D eigenvalue weighted by Gasteiger charge is 2.02. The Bertz CT molecular complexity index is 430. The van der Waals surface area contributed by atoms with E-state index in [0.717, 1.165) is 0 Å². The monoisotopic (exact) mass is 182 g/mol. The maximum atomic E-state index is 13.1. The Labute approximate surface area is 73.0 Å². The average Bonchev–Trinajstić information content (AvgIpc) is 2.04. The van der Waals surface area contributed by atoms with Gasteiger partial charge in [0.15, 0.2) is 0 Å². The van der Waals surface area contributed by atoms with E-state index in [1.54, 1.807) is 6.07 Å². The summed E-state index contributed by atoms with van der Waals surface area (Å²) in [4.78, 5) is 7.58. The lowest BCUT2D eigenvalue weighted by atomic mass is 10.2. The minimum Gasteiger partial charge on any atom is -0.244 e. The van der Waals surface area contributed by atoms with Crippen LogP contribution in [0.15, 0.2) is 24.7 Å². The van der Waals surface area contributed by atoms with E-state index >= 15 is 0 Å². The molecule has 0 radical (unpaired) electrons. The van der Waals surface area contributed by atoms with Gasteiger partial charge in [-0.25, -0.2) is 14.4 Å². The number of nitrogens with zero attached hydrogens (tertiary/aromatic N) is 2. The summed E-state index contributed by atoms with van der Waals surface area (Å²) >= 11 is 5.62. The Balaban J connectivity index is 2.89. The second-order valence-corrected chi connectivity index (χ2v) is 2.78. The van der Waals surface area contributed by atoms with Crippen LogP contribution in [-0.4, -0.2) is 9.97 Å². The second-order valence-electron chi connectivity index (χ2n) is 2.34. The van der Waals surface area contributed by atoms with Gasteiger partial charge in [0, 0.05) is 11.2 Å². The molecule has 0 saturated carbocycles. The average molecular weight is 183 g/mol. The molecule has 1 aromatic heterocycles. The van der Waals surface area contributed by atoms with Gasteiger partial charge >= 0.3 is 0 Å². The third-order valence-electron chi connectivity index (χ3n) is 1.54. The van der Waals surface area contributed by atoms with Crippen molar-refractivity contribution < 1.29 is 4.39 Å². The van der Waals surface area contributed by atoms with Gasteiger partial charge < -0.3 is 0 Å². The van der Waals surface area contributed by atoms with Crippen molar-refractivity contribution in [1.29, 1.82) is 0 Å². The molecule has 0 unspecified atom stereocenters. The van der Waals surface area contributed by atoms with Gasteiger partial charge in [0.05, 0.1) is 10.9 Å². The molecular weight excluding hydrogens is 179 g/mol. The first-order valence-corrected chi connectivity index (χ1v) is 3.70. The first-order chi connectivity index (χ1) is 5.77. The maximum absolute atomic E-state index is 13.1. The van der Waals surface area contributed by atoms with Crippen LogP contribution < -0.4 is 0 Å². The molecule has 2 rings (SSSR count). The molecule has 4 heteroatoms. The fourth-order valence-corrected chi connectivity index (χ4v) is 1.21. The molecule has 12 heavy (non-hydrogen) atoms. The molecule has 1 heterocycles. The fraction of sp³-hybridized carbons (Fsp3) is 0. The van der Waals surface area contributed by atoms with E-state index in [2.05, 4.69) is 9.97 Å². The van der Waals surface area contributed by atoms with Crippen molar-refractivity contribution in [3.63, 3.8) is 0 Å². The van der Waals surface area contributed by atoms with Crippen LogP contribution in [0.4, 0.5) is 4.39 Å². The SMILES string of the molecule is Fc1cc(Cl)cc2ncncc12. The lowest BCUT2D eigenvalue weighted by Crippen LogP contribution is -1.84. The van der Waals surface area contributed by atoms with Gasteiger partial charge in [0.2, 0.25) is 0 Å². The number of halogens is 2. The van der Waals surface area contributed by atoms with Crippen molar-refractivity contribution >= 4 is 22.5 Å². The van der Waals surface area contributed by atoms with Crippen molar-refractivity contribution in [3.8, 4) is 0 Å². The van der Waals surface area contributed by atoms with Crippen molar-refractivity contribution in [2.45, 2.75) is 0 Å². The molecule has 0 aliphatic rings. The van der Waals surface area contributed by atoms with Gasteiger partial charge in [-0.3, -0.25) is 0 Å². The molecule has 0 bridgehead atoms. The van der Waals surface area contributed by atoms with Crippen LogP contribution in [-0.2, 0) is 0 Å². The predicted molar refractivity (Wildman–Crippen MR) is 44.5 cm³/mol. The lowest BCUT2D eigenvalue weighted by molar-refractivity contribution is 0.639. The highest BCUT2D eigenvalue weighted by atomic mass is 35.5. The molecule has 60 valence electrons. The van der Waals surface area contributed by atoms with Crippen LogP contribution in [0.5, 0.6) is 0 Å². The molecule has 0 aliphatic heterocycles. The van der Waals surface area contributed by atoms with Crippen LogP contribution >= 0.6 is 11.6 Å². The van der Waals surface area contributed by atoms with Crippen LogP contribution in [0.2, 0.25) is 5.02 Å². The van der Waals surface area contributed by atoms with E-state index in [1.165, 1.54) is 18.6 Å². The Hall–Kier alpha value is -1.22. The predicted octanol–water partition coefficient (Wildman–Crippen LogP) is 2.42. The third-order valence-corrected chi connectivity index (χ3v) is 1.76. The number of hydrogen-bond acceptors (Lipinski definition) is 2. The van der Waals surface area contributed by atoms with E-state index in [4.69, 9.17) is 11.6 Å². The number of hydrogen-bond donors (Lipinski definition) is 0. The Morgan fingerprint density at radius 2 is 2.17 bits per heavy atom. The Morgan fingerprint density at radius 1 is 1.33 bits per heavy atom. The molecule has 0 fully saturated rings. The van der Waals surface area contributed by atoms with Gasteiger partial charge in [-0.2, -0.15) is 0 Å². The van der Waals surface area contributed by atoms with Gasteiger partial charge in [-0.05, 0) is 12.1 Å². The van der Waals surface area contributed by atoms with Crippen LogP contribution in [0.3, 0.4) is 0 Å². The number of fused-ring (bicyclic) bond motifs is 1. The normalized spacial score (nSPS) is 10.5. The molecule has 0 saturated heterocycles. The molecule has 2 nitrogen and oxygen atoms in total. The van der Waals surface area contributed by atoms with Crippen LogP contribution in [0, 0.1) is 5.82 Å². The number of aromatic nitrogens is 2. The summed E-state index contributed by atoms with van der Waals surface area (Å²) in [6, 6.07) is 2.84. The van der Waals surface area contributed by atoms with Crippen molar-refractivity contribution in [2.24, 2.45) is 0 Å². The molecule has 1 aromatic carbocycles. The van der Waals surface area contributed by atoms with Gasteiger partial charge in [0.1, 0.15) is 12.1 Å². The van der Waals surface area contributed by atoms with Gasteiger partial charge in [-0.1, -0.05) is 11.6 Å². The summed E-state index contributed by atoms with van der Waals surface area (Å²) in [7, 11) is 0. The molecule has 0 atom stereocenters. The van der Waals surface area contributed by atoms with E-state index < -0.39 is 5.82 Å². The van der Waals surface area contributed by atoms with E-state index in [9.17, 15) is 4.39 Å². The van der Waals surface area contributed by atoms with Crippen molar-refractivity contribution in [2.75, 3.05) is 0 Å². The zero-order chi connectivity index (χ0) is 8.55. The van der Waals surface area contributed by atoms with Gasteiger partial charge in [-0.15, -0.1) is 0 Å². The Kier molecular flexibility index (Phi) is 1.66. The quantitative estimate of drug-likeness (QED) is 0.625. The molecular formula is C8H4ClFN2. The van der Waals surface area contributed by atoms with Crippen LogP contribution in [0.25, 0.3) is 10.9 Å². The standard InChI is InChI=1S/C8H4ClFN2/c9-5-1-7(10)6-3-11-4-12-8(6)2-5/h1-4H. The summed E-state index contributed by atoms with van der Waals surface area (Å²) in [5.74, 6) is -0.391. The second kappa shape index (κ2) is 2.68. The highest BCUT2D eigenvalue weighted by Crippen LogP contribution is 2.19. The Morgan fingerprint density at radius 3 is 3.00 bits per heavy atom. The van der Waals surface area contributed by atoms with Crippen LogP contribution in [0.1, 0.15) is 0 Å². The van der Waals surface area contributed by atoms with E-state index in [0.29, 0.717) is 15.9 Å². The number of rotatable bonds is 0. The molecule has 0 spiro atoms. The third kappa shape index (κ3) is 1.12. The summed E-state index contributed by atoms with van der Waals surface area (Å²) in [6.45, 7) is 0. The summed E-state index contributed by atoms with van der Waals surface area (Å²) < 4.78 is 13.1.